The summed E-state index contributed by atoms with van der Waals surface area (Å²) in [5.41, 5.74) is -0.824. The van der Waals surface area contributed by atoms with Crippen LogP contribution in [-0.2, 0) is 9.53 Å². The Morgan fingerprint density at radius 3 is 2.42 bits per heavy atom. The lowest BCUT2D eigenvalue weighted by Gasteiger charge is -2.22. The fourth-order valence-corrected chi connectivity index (χ4v) is 4.81. The SMILES string of the molecule is COC(=O)C1CC1(F)COc1cc(NC(C(=O)n2ccc3ccc(OC(F)(F)F)cc32)c2ccc(Cl)cc2)cc(OC)c1. The van der Waals surface area contributed by atoms with Crippen molar-refractivity contribution in [3.05, 3.63) is 83.5 Å². The van der Waals surface area contributed by atoms with Crippen molar-refractivity contribution in [3.63, 3.8) is 0 Å². The molecular formula is C30H25ClF4N2O6. The van der Waals surface area contributed by atoms with Crippen LogP contribution < -0.4 is 19.5 Å². The van der Waals surface area contributed by atoms with Crippen molar-refractivity contribution >= 4 is 40.1 Å². The Morgan fingerprint density at radius 2 is 1.74 bits per heavy atom. The normalized spacial score (nSPS) is 18.5. The molecule has 1 aliphatic rings. The molecule has 43 heavy (non-hydrogen) atoms. The number of carbonyl (C=O) groups excluding carboxylic acids is 2. The molecule has 0 amide bonds. The lowest BCUT2D eigenvalue weighted by Crippen LogP contribution is -2.26. The molecule has 3 unspecified atom stereocenters. The van der Waals surface area contributed by atoms with Crippen LogP contribution in [0.25, 0.3) is 10.9 Å². The number of hydrogen-bond acceptors (Lipinski definition) is 7. The van der Waals surface area contributed by atoms with Gasteiger partial charge in [0.1, 0.15) is 29.9 Å². The third kappa shape index (κ3) is 6.80. The molecule has 0 bridgehead atoms. The maximum atomic E-state index is 14.9. The molecule has 3 atom stereocenters. The molecule has 0 spiro atoms. The molecule has 3 aromatic carbocycles. The van der Waals surface area contributed by atoms with Crippen LogP contribution in [0.3, 0.4) is 0 Å². The molecule has 1 N–H and O–H groups in total. The highest BCUT2D eigenvalue weighted by atomic mass is 35.5. The Balaban J connectivity index is 1.46. The number of nitrogens with zero attached hydrogens (tertiary/aromatic N) is 1. The first-order chi connectivity index (χ1) is 20.4. The van der Waals surface area contributed by atoms with E-state index in [2.05, 4.69) is 14.8 Å². The molecule has 4 aromatic rings. The van der Waals surface area contributed by atoms with E-state index in [1.807, 2.05) is 0 Å². The van der Waals surface area contributed by atoms with Crippen molar-refractivity contribution < 1.29 is 46.1 Å². The Bertz CT molecular complexity index is 1660. The summed E-state index contributed by atoms with van der Waals surface area (Å²) in [5, 5.41) is 4.07. The highest BCUT2D eigenvalue weighted by Crippen LogP contribution is 2.48. The highest BCUT2D eigenvalue weighted by Gasteiger charge is 2.61. The first-order valence-electron chi connectivity index (χ1n) is 12.9. The molecular weight excluding hydrogens is 596 g/mol. The van der Waals surface area contributed by atoms with Crippen LogP contribution in [0.2, 0.25) is 5.02 Å². The molecule has 1 saturated carbocycles. The van der Waals surface area contributed by atoms with Gasteiger partial charge in [0.15, 0.2) is 5.67 Å². The second-order valence-electron chi connectivity index (χ2n) is 9.92. The highest BCUT2D eigenvalue weighted by molar-refractivity contribution is 6.30. The van der Waals surface area contributed by atoms with Gasteiger partial charge in [-0.15, -0.1) is 13.2 Å². The lowest BCUT2D eigenvalue weighted by atomic mass is 10.1. The molecule has 226 valence electrons. The molecule has 1 fully saturated rings. The van der Waals surface area contributed by atoms with E-state index in [4.69, 9.17) is 21.1 Å². The third-order valence-corrected chi connectivity index (χ3v) is 7.24. The Labute approximate surface area is 248 Å². The fourth-order valence-electron chi connectivity index (χ4n) is 4.68. The van der Waals surface area contributed by atoms with Gasteiger partial charge in [-0.05, 0) is 35.9 Å². The number of fused-ring (bicyclic) bond motifs is 1. The van der Waals surface area contributed by atoms with Gasteiger partial charge < -0.3 is 24.3 Å². The number of rotatable bonds is 10. The Morgan fingerprint density at radius 1 is 1.02 bits per heavy atom. The second-order valence-corrected chi connectivity index (χ2v) is 10.4. The standard InChI is InChI=1S/C30H25ClF4N2O6/c1-40-22-11-20(12-23(13-22)42-16-29(32)15-24(29)28(39)41-2)36-26(18-3-6-19(31)7-4-18)27(38)37-10-9-17-5-8-21(14-25(17)37)43-30(33,34)35/h3-14,24,26,36H,15-16H2,1-2H3. The molecule has 1 aromatic heterocycles. The van der Waals surface area contributed by atoms with Crippen LogP contribution in [0, 0.1) is 5.92 Å². The summed E-state index contributed by atoms with van der Waals surface area (Å²) >= 11 is 6.07. The number of alkyl halides is 4. The number of esters is 1. The van der Waals surface area contributed by atoms with Crippen LogP contribution in [0.4, 0.5) is 23.2 Å². The smallest absolute Gasteiger partial charge is 0.497 e. The molecule has 0 radical (unpaired) electrons. The summed E-state index contributed by atoms with van der Waals surface area (Å²) in [6, 6.07) is 15.3. The summed E-state index contributed by atoms with van der Waals surface area (Å²) in [6.07, 6.45) is -3.48. The fraction of sp³-hybridized carbons (Fsp3) is 0.267. The molecule has 13 heteroatoms. The summed E-state index contributed by atoms with van der Waals surface area (Å²) < 4.78 is 74.4. The Kier molecular flexibility index (Phi) is 8.15. The maximum Gasteiger partial charge on any atom is 0.573 e. The largest absolute Gasteiger partial charge is 0.573 e. The van der Waals surface area contributed by atoms with E-state index in [0.717, 1.165) is 12.1 Å². The number of aromatic nitrogens is 1. The minimum Gasteiger partial charge on any atom is -0.497 e. The van der Waals surface area contributed by atoms with Crippen LogP contribution in [0.5, 0.6) is 17.2 Å². The number of hydrogen-bond donors (Lipinski definition) is 1. The van der Waals surface area contributed by atoms with Gasteiger partial charge in [0.05, 0.1) is 25.7 Å². The van der Waals surface area contributed by atoms with Crippen molar-refractivity contribution in [2.24, 2.45) is 5.92 Å². The quantitative estimate of drug-likeness (QED) is 0.151. The molecule has 0 saturated heterocycles. The van der Waals surface area contributed by atoms with Gasteiger partial charge in [0, 0.05) is 53.0 Å². The third-order valence-electron chi connectivity index (χ3n) is 6.98. The van der Waals surface area contributed by atoms with Gasteiger partial charge in [-0.2, -0.15) is 0 Å². The van der Waals surface area contributed by atoms with E-state index in [1.165, 1.54) is 43.2 Å². The Hall–Kier alpha value is -4.45. The number of methoxy groups -OCH3 is 2. The lowest BCUT2D eigenvalue weighted by molar-refractivity contribution is -0.274. The number of nitrogens with one attached hydrogen (secondary N) is 1. The van der Waals surface area contributed by atoms with E-state index in [0.29, 0.717) is 27.4 Å². The summed E-state index contributed by atoms with van der Waals surface area (Å²) in [5.74, 6) is -2.04. The van der Waals surface area contributed by atoms with Gasteiger partial charge in [-0.3, -0.25) is 14.2 Å². The van der Waals surface area contributed by atoms with Crippen molar-refractivity contribution in [2.75, 3.05) is 26.1 Å². The number of ether oxygens (including phenoxy) is 4. The molecule has 1 aliphatic carbocycles. The van der Waals surface area contributed by atoms with Crippen LogP contribution in [0.15, 0.2) is 72.9 Å². The van der Waals surface area contributed by atoms with Gasteiger partial charge in [-0.25, -0.2) is 4.39 Å². The van der Waals surface area contributed by atoms with Crippen LogP contribution >= 0.6 is 11.6 Å². The number of anilines is 1. The van der Waals surface area contributed by atoms with Gasteiger partial charge >= 0.3 is 12.3 Å². The second kappa shape index (κ2) is 11.7. The summed E-state index contributed by atoms with van der Waals surface area (Å²) in [7, 11) is 2.61. The van der Waals surface area contributed by atoms with Crippen molar-refractivity contribution in [1.29, 1.82) is 0 Å². The number of benzene rings is 3. The van der Waals surface area contributed by atoms with Gasteiger partial charge in [-0.1, -0.05) is 23.7 Å². The van der Waals surface area contributed by atoms with Gasteiger partial charge in [0.2, 0.25) is 0 Å². The first-order valence-corrected chi connectivity index (χ1v) is 13.3. The predicted molar refractivity (Wildman–Crippen MR) is 150 cm³/mol. The zero-order chi connectivity index (χ0) is 30.9. The average molecular weight is 621 g/mol. The number of halogens is 5. The minimum absolute atomic E-state index is 0.0254. The van der Waals surface area contributed by atoms with Crippen molar-refractivity contribution in [2.45, 2.75) is 24.5 Å². The van der Waals surface area contributed by atoms with Gasteiger partial charge in [0.25, 0.3) is 5.91 Å². The average Bonchev–Trinajstić information content (AvgIpc) is 3.47. The zero-order valence-corrected chi connectivity index (χ0v) is 23.5. The summed E-state index contributed by atoms with van der Waals surface area (Å²) in [4.78, 5) is 25.7. The van der Waals surface area contributed by atoms with Crippen molar-refractivity contribution in [3.8, 4) is 17.2 Å². The minimum atomic E-state index is -4.91. The zero-order valence-electron chi connectivity index (χ0n) is 22.8. The maximum absolute atomic E-state index is 14.9. The van der Waals surface area contributed by atoms with Crippen LogP contribution in [0.1, 0.15) is 22.8 Å². The van der Waals surface area contributed by atoms with E-state index >= 15 is 0 Å². The van der Waals surface area contributed by atoms with E-state index in [1.54, 1.807) is 36.4 Å². The first kappa shape index (κ1) is 30.0. The predicted octanol–water partition coefficient (Wildman–Crippen LogP) is 6.98. The molecule has 5 rings (SSSR count). The molecule has 0 aliphatic heterocycles. The topological polar surface area (TPSA) is 88.0 Å². The molecule has 1 heterocycles. The van der Waals surface area contributed by atoms with E-state index in [9.17, 15) is 27.2 Å². The monoisotopic (exact) mass is 620 g/mol. The van der Waals surface area contributed by atoms with Crippen molar-refractivity contribution in [1.82, 2.24) is 4.57 Å². The van der Waals surface area contributed by atoms with E-state index < -0.39 is 48.2 Å². The van der Waals surface area contributed by atoms with Crippen LogP contribution in [-0.4, -0.2) is 49.3 Å². The molecule has 8 nitrogen and oxygen atoms in total. The number of carbonyl (C=O) groups is 2. The van der Waals surface area contributed by atoms with E-state index in [-0.39, 0.29) is 17.7 Å². The summed E-state index contributed by atoms with van der Waals surface area (Å²) in [6.45, 7) is -0.406.